The van der Waals surface area contributed by atoms with E-state index in [0.29, 0.717) is 11.7 Å². The van der Waals surface area contributed by atoms with E-state index < -0.39 is 0 Å². The molecule has 3 nitrogen and oxygen atoms in total. The molecule has 1 aromatic rings. The lowest BCUT2D eigenvalue weighted by molar-refractivity contribution is 0.616. The summed E-state index contributed by atoms with van der Waals surface area (Å²) in [6, 6.07) is 5.72. The van der Waals surface area contributed by atoms with Gasteiger partial charge in [0.05, 0.1) is 5.69 Å². The van der Waals surface area contributed by atoms with Gasteiger partial charge in [0.25, 0.3) is 0 Å². The minimum atomic E-state index is 0.0912. The molecule has 0 saturated heterocycles. The lowest BCUT2D eigenvalue weighted by atomic mass is 10.1. The summed E-state index contributed by atoms with van der Waals surface area (Å²) in [5.74, 6) is 1.20. The van der Waals surface area contributed by atoms with Crippen molar-refractivity contribution in [2.24, 2.45) is 11.7 Å². The van der Waals surface area contributed by atoms with Crippen molar-refractivity contribution < 1.29 is 0 Å². The van der Waals surface area contributed by atoms with Crippen LogP contribution in [0.1, 0.15) is 24.6 Å². The Hall–Kier alpha value is -1.09. The number of hydrogen-bond acceptors (Lipinski definition) is 3. The van der Waals surface area contributed by atoms with Gasteiger partial charge in [0.15, 0.2) is 0 Å². The third-order valence-corrected chi connectivity index (χ3v) is 2.26. The Morgan fingerprint density at radius 3 is 2.75 bits per heavy atom. The van der Waals surface area contributed by atoms with E-state index in [4.69, 9.17) is 11.5 Å². The highest BCUT2D eigenvalue weighted by Gasteiger charge is 2.30. The Morgan fingerprint density at radius 2 is 2.17 bits per heavy atom. The SMILES string of the molecule is Nc1cccc([C@H](N)C2CC2)n1. The van der Waals surface area contributed by atoms with Crippen molar-refractivity contribution in [1.29, 1.82) is 0 Å². The van der Waals surface area contributed by atoms with Gasteiger partial charge in [-0.3, -0.25) is 0 Å². The molecule has 0 amide bonds. The molecule has 1 aliphatic rings. The highest BCUT2D eigenvalue weighted by molar-refractivity contribution is 5.30. The molecule has 1 saturated carbocycles. The number of anilines is 1. The highest BCUT2D eigenvalue weighted by Crippen LogP contribution is 2.38. The summed E-state index contributed by atoms with van der Waals surface area (Å²) in [7, 11) is 0. The molecule has 12 heavy (non-hydrogen) atoms. The van der Waals surface area contributed by atoms with Crippen molar-refractivity contribution in [3.63, 3.8) is 0 Å². The predicted molar refractivity (Wildman–Crippen MR) is 48.3 cm³/mol. The normalized spacial score (nSPS) is 19.1. The van der Waals surface area contributed by atoms with E-state index in [0.717, 1.165) is 5.69 Å². The van der Waals surface area contributed by atoms with Crippen molar-refractivity contribution in [2.75, 3.05) is 5.73 Å². The molecule has 2 rings (SSSR count). The van der Waals surface area contributed by atoms with Crippen LogP contribution in [0, 0.1) is 5.92 Å². The Bertz CT molecular complexity index is 281. The molecule has 0 bridgehead atoms. The Kier molecular flexibility index (Phi) is 1.73. The van der Waals surface area contributed by atoms with Crippen LogP contribution in [0.5, 0.6) is 0 Å². The predicted octanol–water partition coefficient (Wildman–Crippen LogP) is 1.07. The molecule has 0 aliphatic heterocycles. The maximum Gasteiger partial charge on any atom is 0.123 e. The number of nitrogens with two attached hydrogens (primary N) is 2. The van der Waals surface area contributed by atoms with Gasteiger partial charge < -0.3 is 11.5 Å². The molecule has 0 spiro atoms. The molecule has 0 radical (unpaired) electrons. The minimum Gasteiger partial charge on any atom is -0.384 e. The van der Waals surface area contributed by atoms with Crippen LogP contribution in [0.15, 0.2) is 18.2 Å². The second-order valence-electron chi connectivity index (χ2n) is 3.35. The molecule has 1 aliphatic carbocycles. The van der Waals surface area contributed by atoms with Crippen LogP contribution in [0.4, 0.5) is 5.82 Å². The number of aromatic nitrogens is 1. The molecule has 1 fully saturated rings. The number of rotatable bonds is 2. The van der Waals surface area contributed by atoms with E-state index in [1.165, 1.54) is 12.8 Å². The Balaban J connectivity index is 2.20. The summed E-state index contributed by atoms with van der Waals surface area (Å²) in [6.45, 7) is 0. The zero-order valence-electron chi connectivity index (χ0n) is 6.90. The van der Waals surface area contributed by atoms with Crippen molar-refractivity contribution in [2.45, 2.75) is 18.9 Å². The molecule has 1 atom stereocenters. The van der Waals surface area contributed by atoms with Gasteiger partial charge in [-0.05, 0) is 30.9 Å². The molecule has 1 aromatic heterocycles. The topological polar surface area (TPSA) is 64.9 Å². The van der Waals surface area contributed by atoms with Gasteiger partial charge in [0.1, 0.15) is 5.82 Å². The minimum absolute atomic E-state index is 0.0912. The van der Waals surface area contributed by atoms with Crippen LogP contribution in [0.2, 0.25) is 0 Å². The fourth-order valence-electron chi connectivity index (χ4n) is 1.35. The first-order valence-corrected chi connectivity index (χ1v) is 4.25. The second kappa shape index (κ2) is 2.75. The standard InChI is InChI=1S/C9H13N3/c10-8-3-1-2-7(12-8)9(11)6-4-5-6/h1-3,6,9H,4-5,11H2,(H2,10,12)/t9-/m1/s1. The average Bonchev–Trinajstić information content (AvgIpc) is 2.85. The summed E-state index contributed by atoms with van der Waals surface area (Å²) >= 11 is 0. The first-order chi connectivity index (χ1) is 5.77. The smallest absolute Gasteiger partial charge is 0.123 e. The van der Waals surface area contributed by atoms with E-state index in [1.807, 2.05) is 12.1 Å². The highest BCUT2D eigenvalue weighted by atomic mass is 14.9. The second-order valence-corrected chi connectivity index (χ2v) is 3.35. The van der Waals surface area contributed by atoms with E-state index in [2.05, 4.69) is 4.98 Å². The van der Waals surface area contributed by atoms with Crippen molar-refractivity contribution in [3.8, 4) is 0 Å². The maximum atomic E-state index is 5.95. The van der Waals surface area contributed by atoms with Crippen LogP contribution >= 0.6 is 0 Å². The molecular formula is C9H13N3. The van der Waals surface area contributed by atoms with Crippen LogP contribution < -0.4 is 11.5 Å². The first kappa shape index (κ1) is 7.55. The van der Waals surface area contributed by atoms with Crippen LogP contribution in [0.3, 0.4) is 0 Å². The molecule has 64 valence electrons. The fourth-order valence-corrected chi connectivity index (χ4v) is 1.35. The summed E-state index contributed by atoms with van der Waals surface area (Å²) in [5.41, 5.74) is 12.4. The van der Waals surface area contributed by atoms with Crippen LogP contribution in [0.25, 0.3) is 0 Å². The summed E-state index contributed by atoms with van der Waals surface area (Å²) in [5, 5.41) is 0. The lowest BCUT2D eigenvalue weighted by Gasteiger charge is -2.09. The van der Waals surface area contributed by atoms with Gasteiger partial charge in [0.2, 0.25) is 0 Å². The van der Waals surface area contributed by atoms with Crippen molar-refractivity contribution >= 4 is 5.82 Å². The molecule has 3 heteroatoms. The largest absolute Gasteiger partial charge is 0.384 e. The molecule has 0 aromatic carbocycles. The van der Waals surface area contributed by atoms with E-state index in [1.54, 1.807) is 6.07 Å². The van der Waals surface area contributed by atoms with Crippen molar-refractivity contribution in [3.05, 3.63) is 23.9 Å². The molecule has 4 N–H and O–H groups in total. The number of nitrogens with zero attached hydrogens (tertiary/aromatic N) is 1. The number of hydrogen-bond donors (Lipinski definition) is 2. The van der Waals surface area contributed by atoms with Crippen LogP contribution in [-0.4, -0.2) is 4.98 Å². The first-order valence-electron chi connectivity index (χ1n) is 4.25. The van der Waals surface area contributed by atoms with E-state index in [9.17, 15) is 0 Å². The van der Waals surface area contributed by atoms with Gasteiger partial charge in [-0.2, -0.15) is 0 Å². The van der Waals surface area contributed by atoms with E-state index >= 15 is 0 Å². The number of nitrogen functional groups attached to an aromatic ring is 1. The van der Waals surface area contributed by atoms with Gasteiger partial charge >= 0.3 is 0 Å². The fraction of sp³-hybridized carbons (Fsp3) is 0.444. The maximum absolute atomic E-state index is 5.95. The average molecular weight is 163 g/mol. The zero-order valence-corrected chi connectivity index (χ0v) is 6.90. The summed E-state index contributed by atoms with van der Waals surface area (Å²) < 4.78 is 0. The third-order valence-electron chi connectivity index (χ3n) is 2.26. The molecule has 0 unspecified atom stereocenters. The van der Waals surface area contributed by atoms with Gasteiger partial charge in [-0.1, -0.05) is 6.07 Å². The molecule has 1 heterocycles. The number of pyridine rings is 1. The zero-order chi connectivity index (χ0) is 8.55. The quantitative estimate of drug-likeness (QED) is 0.685. The Labute approximate surface area is 71.8 Å². The van der Waals surface area contributed by atoms with Gasteiger partial charge in [0, 0.05) is 6.04 Å². The summed E-state index contributed by atoms with van der Waals surface area (Å²) in [4.78, 5) is 4.19. The Morgan fingerprint density at radius 1 is 1.42 bits per heavy atom. The monoisotopic (exact) mass is 163 g/mol. The third kappa shape index (κ3) is 1.41. The van der Waals surface area contributed by atoms with Crippen LogP contribution in [-0.2, 0) is 0 Å². The molecular weight excluding hydrogens is 150 g/mol. The van der Waals surface area contributed by atoms with Crippen molar-refractivity contribution in [1.82, 2.24) is 4.98 Å². The summed E-state index contributed by atoms with van der Waals surface area (Å²) in [6.07, 6.45) is 2.47. The lowest BCUT2D eigenvalue weighted by Crippen LogP contribution is -2.14. The van der Waals surface area contributed by atoms with Gasteiger partial charge in [-0.25, -0.2) is 4.98 Å². The van der Waals surface area contributed by atoms with E-state index in [-0.39, 0.29) is 6.04 Å². The van der Waals surface area contributed by atoms with Gasteiger partial charge in [-0.15, -0.1) is 0 Å².